The second kappa shape index (κ2) is 6.40. The molecule has 1 aliphatic carbocycles. The molecule has 0 atom stereocenters. The van der Waals surface area contributed by atoms with E-state index in [9.17, 15) is 18.5 Å². The highest BCUT2D eigenvalue weighted by molar-refractivity contribution is 7.89. The van der Waals surface area contributed by atoms with E-state index in [4.69, 9.17) is 0 Å². The number of nitrogens with zero attached hydrogens (tertiary/aromatic N) is 1. The second-order valence-corrected chi connectivity index (χ2v) is 6.80. The fraction of sp³-hybridized carbons (Fsp3) is 0.538. The van der Waals surface area contributed by atoms with Crippen molar-refractivity contribution in [3.63, 3.8) is 0 Å². The van der Waals surface area contributed by atoms with Crippen molar-refractivity contribution in [2.45, 2.75) is 31.1 Å². The number of sulfonamides is 1. The molecule has 1 aliphatic rings. The van der Waals surface area contributed by atoms with Gasteiger partial charge in [-0.15, -0.1) is 0 Å². The van der Waals surface area contributed by atoms with Crippen LogP contribution in [0.2, 0.25) is 0 Å². The lowest BCUT2D eigenvalue weighted by atomic mass is 10.2. The smallest absolute Gasteiger partial charge is 0.312 e. The van der Waals surface area contributed by atoms with Crippen LogP contribution in [0.15, 0.2) is 23.1 Å². The minimum Gasteiger partial charge on any atom is -0.380 e. The minimum absolute atomic E-state index is 0.215. The van der Waals surface area contributed by atoms with Crippen LogP contribution in [0.3, 0.4) is 0 Å². The van der Waals surface area contributed by atoms with Crippen molar-refractivity contribution in [2.75, 3.05) is 18.4 Å². The molecule has 2 rings (SSSR count). The average molecular weight is 313 g/mol. The van der Waals surface area contributed by atoms with Crippen LogP contribution < -0.4 is 10.0 Å². The molecule has 1 saturated carbocycles. The normalized spacial score (nSPS) is 14.9. The van der Waals surface area contributed by atoms with E-state index in [1.54, 1.807) is 6.92 Å². The number of hydrogen-bond donors (Lipinski definition) is 2. The van der Waals surface area contributed by atoms with E-state index in [0.29, 0.717) is 19.0 Å². The third-order valence-corrected chi connectivity index (χ3v) is 4.87. The van der Waals surface area contributed by atoms with Gasteiger partial charge in [-0.05, 0) is 31.4 Å². The van der Waals surface area contributed by atoms with Crippen LogP contribution in [0.5, 0.6) is 0 Å². The molecule has 2 N–H and O–H groups in total. The monoisotopic (exact) mass is 313 g/mol. The maximum atomic E-state index is 12.3. The van der Waals surface area contributed by atoms with Gasteiger partial charge in [0.1, 0.15) is 5.69 Å². The number of nitrogens with one attached hydrogen (secondary N) is 2. The number of nitro groups is 1. The summed E-state index contributed by atoms with van der Waals surface area (Å²) in [5.41, 5.74) is -0.189. The highest BCUT2D eigenvalue weighted by Crippen LogP contribution is 2.33. The average Bonchev–Trinajstić information content (AvgIpc) is 3.22. The molecule has 8 heteroatoms. The standard InChI is InChI=1S/C13H19N3O4S/c1-2-14-11-4-3-5-12(13(11)16(17)18)21(19,20)15-9-8-10-6-7-10/h3-5,10,14-15H,2,6-9H2,1H3. The first-order valence-electron chi connectivity index (χ1n) is 6.96. The summed E-state index contributed by atoms with van der Waals surface area (Å²) in [7, 11) is -3.88. The molecule has 0 aromatic heterocycles. The second-order valence-electron chi connectivity index (χ2n) is 5.07. The molecule has 116 valence electrons. The van der Waals surface area contributed by atoms with Crippen LogP contribution in [0.1, 0.15) is 26.2 Å². The Hall–Kier alpha value is -1.67. The van der Waals surface area contributed by atoms with E-state index in [0.717, 1.165) is 19.3 Å². The zero-order valence-corrected chi connectivity index (χ0v) is 12.6. The zero-order valence-electron chi connectivity index (χ0n) is 11.8. The van der Waals surface area contributed by atoms with E-state index in [1.807, 2.05) is 0 Å². The van der Waals surface area contributed by atoms with Crippen molar-refractivity contribution < 1.29 is 13.3 Å². The Kier molecular flexibility index (Phi) is 4.79. The molecule has 1 aromatic rings. The zero-order chi connectivity index (χ0) is 15.5. The molecule has 0 radical (unpaired) electrons. The van der Waals surface area contributed by atoms with E-state index in [2.05, 4.69) is 10.0 Å². The van der Waals surface area contributed by atoms with Crippen molar-refractivity contribution in [3.05, 3.63) is 28.3 Å². The number of nitro benzene ring substituents is 1. The van der Waals surface area contributed by atoms with Gasteiger partial charge >= 0.3 is 5.69 Å². The summed E-state index contributed by atoms with van der Waals surface area (Å²) in [6.07, 6.45) is 3.05. The van der Waals surface area contributed by atoms with Crippen LogP contribution >= 0.6 is 0 Å². The van der Waals surface area contributed by atoms with Crippen LogP contribution in [-0.2, 0) is 10.0 Å². The molecule has 7 nitrogen and oxygen atoms in total. The van der Waals surface area contributed by atoms with Gasteiger partial charge in [0, 0.05) is 13.1 Å². The van der Waals surface area contributed by atoms with Gasteiger partial charge in [0.25, 0.3) is 0 Å². The molecule has 0 bridgehead atoms. The first-order valence-corrected chi connectivity index (χ1v) is 8.45. The molecule has 1 fully saturated rings. The lowest BCUT2D eigenvalue weighted by Gasteiger charge is -2.10. The van der Waals surface area contributed by atoms with Gasteiger partial charge in [-0.25, -0.2) is 13.1 Å². The van der Waals surface area contributed by atoms with Crippen LogP contribution in [0, 0.1) is 16.0 Å². The fourth-order valence-electron chi connectivity index (χ4n) is 2.14. The predicted octanol–water partition coefficient (Wildman–Crippen LogP) is 2.10. The van der Waals surface area contributed by atoms with Crippen LogP contribution in [0.4, 0.5) is 11.4 Å². The van der Waals surface area contributed by atoms with E-state index in [-0.39, 0.29) is 10.6 Å². The van der Waals surface area contributed by atoms with E-state index in [1.165, 1.54) is 18.2 Å². The molecule has 0 unspecified atom stereocenters. The molecular weight excluding hydrogens is 294 g/mol. The van der Waals surface area contributed by atoms with Gasteiger partial charge in [-0.3, -0.25) is 10.1 Å². The quantitative estimate of drug-likeness (QED) is 0.565. The van der Waals surface area contributed by atoms with Gasteiger partial charge in [-0.1, -0.05) is 18.9 Å². The number of anilines is 1. The van der Waals surface area contributed by atoms with Gasteiger partial charge in [0.2, 0.25) is 10.0 Å². The van der Waals surface area contributed by atoms with E-state index < -0.39 is 20.6 Å². The predicted molar refractivity (Wildman–Crippen MR) is 79.8 cm³/mol. The maximum Gasteiger partial charge on any atom is 0.312 e. The Labute approximate surface area is 123 Å². The number of rotatable bonds is 8. The summed E-state index contributed by atoms with van der Waals surface area (Å²) < 4.78 is 27.0. The Morgan fingerprint density at radius 2 is 2.10 bits per heavy atom. The Bertz CT molecular complexity index is 626. The van der Waals surface area contributed by atoms with Crippen molar-refractivity contribution in [2.24, 2.45) is 5.92 Å². The van der Waals surface area contributed by atoms with Crippen molar-refractivity contribution in [1.29, 1.82) is 0 Å². The molecule has 0 spiro atoms. The fourth-order valence-corrected chi connectivity index (χ4v) is 3.38. The third kappa shape index (κ3) is 3.92. The first-order chi connectivity index (χ1) is 9.95. The molecular formula is C13H19N3O4S. The lowest BCUT2D eigenvalue weighted by Crippen LogP contribution is -2.26. The molecule has 1 aromatic carbocycles. The largest absolute Gasteiger partial charge is 0.380 e. The summed E-state index contributed by atoms with van der Waals surface area (Å²) in [4.78, 5) is 10.3. The van der Waals surface area contributed by atoms with Gasteiger partial charge in [0.15, 0.2) is 4.90 Å². The summed E-state index contributed by atoms with van der Waals surface area (Å²) in [6, 6.07) is 4.27. The molecule has 0 amide bonds. The molecule has 21 heavy (non-hydrogen) atoms. The number of para-hydroxylation sites is 1. The summed E-state index contributed by atoms with van der Waals surface area (Å²) in [5, 5.41) is 14.0. The SMILES string of the molecule is CCNc1cccc(S(=O)(=O)NCCC2CC2)c1[N+](=O)[O-]. The highest BCUT2D eigenvalue weighted by atomic mass is 32.2. The number of hydrogen-bond acceptors (Lipinski definition) is 5. The minimum atomic E-state index is -3.88. The third-order valence-electron chi connectivity index (χ3n) is 3.38. The van der Waals surface area contributed by atoms with Crippen LogP contribution in [-0.4, -0.2) is 26.4 Å². The first kappa shape index (κ1) is 15.7. The molecule has 0 heterocycles. The van der Waals surface area contributed by atoms with Crippen molar-refractivity contribution in [3.8, 4) is 0 Å². The highest BCUT2D eigenvalue weighted by Gasteiger charge is 2.29. The Morgan fingerprint density at radius 3 is 2.67 bits per heavy atom. The maximum absolute atomic E-state index is 12.3. The number of benzene rings is 1. The van der Waals surface area contributed by atoms with Crippen molar-refractivity contribution >= 4 is 21.4 Å². The lowest BCUT2D eigenvalue weighted by molar-refractivity contribution is -0.386. The van der Waals surface area contributed by atoms with Gasteiger partial charge < -0.3 is 5.32 Å². The molecule has 0 aliphatic heterocycles. The van der Waals surface area contributed by atoms with Gasteiger partial charge in [-0.2, -0.15) is 0 Å². The summed E-state index contributed by atoms with van der Waals surface area (Å²) in [5.74, 6) is 0.593. The summed E-state index contributed by atoms with van der Waals surface area (Å²) >= 11 is 0. The van der Waals surface area contributed by atoms with Crippen LogP contribution in [0.25, 0.3) is 0 Å². The topological polar surface area (TPSA) is 101 Å². The van der Waals surface area contributed by atoms with Gasteiger partial charge in [0.05, 0.1) is 4.92 Å². The van der Waals surface area contributed by atoms with Crippen molar-refractivity contribution in [1.82, 2.24) is 4.72 Å². The van der Waals surface area contributed by atoms with E-state index >= 15 is 0 Å². The summed E-state index contributed by atoms with van der Waals surface area (Å²) in [6.45, 7) is 2.58. The molecule has 0 saturated heterocycles. The Balaban J connectivity index is 2.27. The Morgan fingerprint density at radius 1 is 1.38 bits per heavy atom.